The number of aliphatic hydroxyl groups excluding tert-OH is 1. The Morgan fingerprint density at radius 1 is 1.05 bits per heavy atom. The van der Waals surface area contributed by atoms with Crippen LogP contribution in [0.2, 0.25) is 0 Å². The molecule has 4 heterocycles. The van der Waals surface area contributed by atoms with Crippen molar-refractivity contribution < 1.29 is 33.8 Å². The average Bonchev–Trinajstić information content (AvgIpc) is 3.40. The van der Waals surface area contributed by atoms with E-state index in [1.165, 1.54) is 4.90 Å². The smallest absolute Gasteiger partial charge is 0.313 e. The number of ether oxygens (including phenoxy) is 2. The lowest BCUT2D eigenvalue weighted by atomic mass is 9.77. The molecule has 1 aliphatic carbocycles. The normalized spacial score (nSPS) is 35.1. The number of benzene rings is 1. The minimum absolute atomic E-state index is 0.0479. The van der Waals surface area contributed by atoms with Crippen LogP contribution in [0.5, 0.6) is 0 Å². The van der Waals surface area contributed by atoms with Gasteiger partial charge in [-0.05, 0) is 31.7 Å². The monoisotopic (exact) mass is 591 g/mol. The van der Waals surface area contributed by atoms with Crippen molar-refractivity contribution in [3.63, 3.8) is 0 Å². The van der Waals surface area contributed by atoms with Crippen LogP contribution in [0.1, 0.15) is 63.5 Å². The highest BCUT2D eigenvalue weighted by atomic mass is 16.6. The highest BCUT2D eigenvalue weighted by Gasteiger charge is 2.72. The van der Waals surface area contributed by atoms with Crippen molar-refractivity contribution in [3.05, 3.63) is 60.2 Å². The molecular formula is C33H41N3O7. The van der Waals surface area contributed by atoms with Crippen LogP contribution < -0.4 is 5.32 Å². The van der Waals surface area contributed by atoms with Crippen LogP contribution in [0, 0.1) is 11.8 Å². The zero-order valence-corrected chi connectivity index (χ0v) is 24.6. The summed E-state index contributed by atoms with van der Waals surface area (Å²) in [6, 6.07) is 7.35. The summed E-state index contributed by atoms with van der Waals surface area (Å²) in [7, 11) is 0. The number of carbonyl (C=O) groups is 4. The number of nitrogens with zero attached hydrogens (tertiary/aromatic N) is 2. The van der Waals surface area contributed by atoms with Crippen molar-refractivity contribution in [1.29, 1.82) is 0 Å². The Bertz CT molecular complexity index is 1290. The first kappa shape index (κ1) is 29.6. The number of hydrogen-bond acceptors (Lipinski definition) is 7. The third-order valence-corrected chi connectivity index (χ3v) is 9.71. The summed E-state index contributed by atoms with van der Waals surface area (Å²) in [6.07, 6.45) is 11.5. The molecular weight excluding hydrogens is 550 g/mol. The predicted molar refractivity (Wildman–Crippen MR) is 156 cm³/mol. The molecule has 6 rings (SSSR count). The van der Waals surface area contributed by atoms with Gasteiger partial charge in [0.2, 0.25) is 17.7 Å². The number of amides is 3. The molecule has 1 aromatic rings. The van der Waals surface area contributed by atoms with E-state index in [0.29, 0.717) is 18.5 Å². The molecule has 1 spiro atoms. The van der Waals surface area contributed by atoms with Crippen molar-refractivity contribution in [2.24, 2.45) is 11.8 Å². The van der Waals surface area contributed by atoms with E-state index in [2.05, 4.69) is 5.32 Å². The lowest BCUT2D eigenvalue weighted by Crippen LogP contribution is -2.58. The van der Waals surface area contributed by atoms with Crippen LogP contribution in [-0.4, -0.2) is 88.2 Å². The fourth-order valence-electron chi connectivity index (χ4n) is 7.71. The zero-order chi connectivity index (χ0) is 30.1. The van der Waals surface area contributed by atoms with Crippen molar-refractivity contribution in [2.75, 3.05) is 19.7 Å². The number of aliphatic hydroxyl groups is 1. The standard InChI is InChI=1S/C33H41N3O7/c1-21-19-34-26(38)16-9-8-15-25-27(32(41)42-21)28-30(39)36(24(20-37)22-11-4-2-5-12-22)29-31(40)35(23-13-6-3-7-14-23)18-10-17-33(28,29)43-25/h2,4-5,8,10-12,15,17,21,23-25,27-29,37H,3,6-7,9,13-14,16,18-20H2,1H3,(H,34,38)/b15-8-/t21-,24+,25-,27+,28+,29-,33+/m0/s1. The van der Waals surface area contributed by atoms with E-state index in [9.17, 15) is 24.3 Å². The van der Waals surface area contributed by atoms with Gasteiger partial charge in [-0.1, -0.05) is 73.9 Å². The maximum absolute atomic E-state index is 14.7. The second-order valence-electron chi connectivity index (χ2n) is 12.4. The number of carbonyl (C=O) groups excluding carboxylic acids is 4. The SMILES string of the molecule is C[C@H]1CNC(=O)CC/C=C\[C@@H]2O[C@@]34C=CCN(C5CCCCC5)C(=O)[C@@H]3N([C@H](CO)c3ccccc3)C(=O)[C@H]4[C@@H]2C(=O)O1. The van der Waals surface area contributed by atoms with E-state index in [1.54, 1.807) is 19.1 Å². The van der Waals surface area contributed by atoms with Crippen LogP contribution in [0.25, 0.3) is 0 Å². The summed E-state index contributed by atoms with van der Waals surface area (Å²) < 4.78 is 12.6. The summed E-state index contributed by atoms with van der Waals surface area (Å²) in [5.41, 5.74) is -0.739. The van der Waals surface area contributed by atoms with Gasteiger partial charge in [-0.2, -0.15) is 0 Å². The van der Waals surface area contributed by atoms with E-state index in [1.807, 2.05) is 47.4 Å². The molecule has 10 heteroatoms. The molecule has 2 N–H and O–H groups in total. The third-order valence-electron chi connectivity index (χ3n) is 9.71. The largest absolute Gasteiger partial charge is 0.460 e. The molecule has 3 amide bonds. The number of hydrogen-bond donors (Lipinski definition) is 2. The van der Waals surface area contributed by atoms with Gasteiger partial charge in [0.1, 0.15) is 23.7 Å². The molecule has 2 saturated heterocycles. The van der Waals surface area contributed by atoms with Crippen LogP contribution in [0.4, 0.5) is 0 Å². The van der Waals surface area contributed by atoms with Crippen molar-refractivity contribution >= 4 is 23.7 Å². The molecule has 0 radical (unpaired) electrons. The number of rotatable bonds is 4. The van der Waals surface area contributed by atoms with Crippen molar-refractivity contribution in [1.82, 2.24) is 15.1 Å². The van der Waals surface area contributed by atoms with Crippen LogP contribution >= 0.6 is 0 Å². The molecule has 0 unspecified atom stereocenters. The number of esters is 1. The van der Waals surface area contributed by atoms with Gasteiger partial charge in [0.05, 0.1) is 31.2 Å². The first-order valence-corrected chi connectivity index (χ1v) is 15.6. The van der Waals surface area contributed by atoms with E-state index in [4.69, 9.17) is 9.47 Å². The Morgan fingerprint density at radius 2 is 1.81 bits per heavy atom. The maximum atomic E-state index is 14.7. The third kappa shape index (κ3) is 5.29. The molecule has 1 aromatic carbocycles. The van der Waals surface area contributed by atoms with Gasteiger partial charge in [-0.3, -0.25) is 19.2 Å². The molecule has 230 valence electrons. The average molecular weight is 592 g/mol. The van der Waals surface area contributed by atoms with E-state index in [-0.39, 0.29) is 30.8 Å². The lowest BCUT2D eigenvalue weighted by Gasteiger charge is -2.41. The molecule has 0 bridgehead atoms. The number of likely N-dealkylation sites (tertiary alicyclic amines) is 1. The van der Waals surface area contributed by atoms with Gasteiger partial charge in [-0.25, -0.2) is 0 Å². The minimum atomic E-state index is -1.43. The van der Waals surface area contributed by atoms with Gasteiger partial charge in [0.15, 0.2) is 0 Å². The number of cyclic esters (lactones) is 1. The van der Waals surface area contributed by atoms with Crippen LogP contribution in [0.3, 0.4) is 0 Å². The minimum Gasteiger partial charge on any atom is -0.460 e. The van der Waals surface area contributed by atoms with Gasteiger partial charge < -0.3 is 29.7 Å². The molecule has 5 aliphatic rings. The summed E-state index contributed by atoms with van der Waals surface area (Å²) in [5, 5.41) is 13.5. The van der Waals surface area contributed by atoms with Gasteiger partial charge >= 0.3 is 5.97 Å². The quantitative estimate of drug-likeness (QED) is 0.407. The van der Waals surface area contributed by atoms with Crippen LogP contribution in [0.15, 0.2) is 54.6 Å². The Labute approximate surface area is 252 Å². The number of allylic oxidation sites excluding steroid dienone is 1. The van der Waals surface area contributed by atoms with Gasteiger partial charge in [0, 0.05) is 19.0 Å². The fourth-order valence-corrected chi connectivity index (χ4v) is 7.71. The van der Waals surface area contributed by atoms with Gasteiger partial charge in [0.25, 0.3) is 0 Å². The van der Waals surface area contributed by atoms with Crippen molar-refractivity contribution in [3.8, 4) is 0 Å². The Hall–Kier alpha value is -3.50. The highest BCUT2D eigenvalue weighted by molar-refractivity contribution is 5.99. The number of fused-ring (bicyclic) bond motifs is 2. The summed E-state index contributed by atoms with van der Waals surface area (Å²) in [4.78, 5) is 58.9. The van der Waals surface area contributed by atoms with Gasteiger partial charge in [-0.15, -0.1) is 0 Å². The molecule has 10 nitrogen and oxygen atoms in total. The predicted octanol–water partition coefficient (Wildman–Crippen LogP) is 2.43. The molecule has 3 fully saturated rings. The fraction of sp³-hybridized carbons (Fsp3) is 0.576. The Balaban J connectivity index is 1.46. The lowest BCUT2D eigenvalue weighted by molar-refractivity contribution is -0.160. The summed E-state index contributed by atoms with van der Waals surface area (Å²) in [5.74, 6) is -3.43. The van der Waals surface area contributed by atoms with E-state index in [0.717, 1.165) is 32.1 Å². The molecule has 43 heavy (non-hydrogen) atoms. The maximum Gasteiger partial charge on any atom is 0.313 e. The second kappa shape index (κ2) is 12.2. The van der Waals surface area contributed by atoms with E-state index < -0.39 is 60.2 Å². The molecule has 1 saturated carbocycles. The van der Waals surface area contributed by atoms with E-state index >= 15 is 0 Å². The summed E-state index contributed by atoms with van der Waals surface area (Å²) >= 11 is 0. The zero-order valence-electron chi connectivity index (χ0n) is 24.6. The first-order chi connectivity index (χ1) is 20.9. The van der Waals surface area contributed by atoms with Crippen molar-refractivity contribution in [2.45, 2.75) is 87.8 Å². The highest BCUT2D eigenvalue weighted by Crippen LogP contribution is 2.55. The Morgan fingerprint density at radius 3 is 2.56 bits per heavy atom. The number of nitrogens with one attached hydrogen (secondary N) is 1. The molecule has 4 aliphatic heterocycles. The topological polar surface area (TPSA) is 125 Å². The molecule has 0 aromatic heterocycles. The Kier molecular flexibility index (Phi) is 8.42. The molecule has 7 atom stereocenters. The second-order valence-corrected chi connectivity index (χ2v) is 12.4. The summed E-state index contributed by atoms with van der Waals surface area (Å²) in [6.45, 7) is 1.83. The van der Waals surface area contributed by atoms with Crippen LogP contribution in [-0.2, 0) is 28.7 Å². The first-order valence-electron chi connectivity index (χ1n) is 15.6.